The van der Waals surface area contributed by atoms with Crippen LogP contribution >= 0.6 is 0 Å². The van der Waals surface area contributed by atoms with Crippen molar-refractivity contribution in [3.05, 3.63) is 29.8 Å². The van der Waals surface area contributed by atoms with Crippen molar-refractivity contribution in [1.29, 1.82) is 0 Å². The largest absolute Gasteiger partial charge is 0.354 e. The second-order valence-corrected chi connectivity index (χ2v) is 6.96. The molecule has 0 aliphatic carbocycles. The second kappa shape index (κ2) is 4.31. The first-order valence-corrected chi connectivity index (χ1v) is 7.86. The van der Waals surface area contributed by atoms with Gasteiger partial charge in [0.25, 0.3) is 10.0 Å². The maximum Gasteiger partial charge on any atom is 0.285 e. The molecule has 2 N–H and O–H groups in total. The first-order valence-electron chi connectivity index (χ1n) is 6.42. The Labute approximate surface area is 113 Å². The molecule has 19 heavy (non-hydrogen) atoms. The fourth-order valence-corrected chi connectivity index (χ4v) is 4.12. The third kappa shape index (κ3) is 2.15. The van der Waals surface area contributed by atoms with Crippen molar-refractivity contribution in [2.45, 2.75) is 24.3 Å². The first kappa shape index (κ1) is 12.6. The Morgan fingerprint density at radius 3 is 2.79 bits per heavy atom. The SMILES string of the molecule is CC1CC(N)CN(C2=NS(=O)(=O)c3ccccc32)C1. The Morgan fingerprint density at radius 2 is 2.05 bits per heavy atom. The summed E-state index contributed by atoms with van der Waals surface area (Å²) < 4.78 is 28.0. The van der Waals surface area contributed by atoms with Gasteiger partial charge in [0, 0.05) is 24.7 Å². The molecular weight excluding hydrogens is 262 g/mol. The average molecular weight is 279 g/mol. The van der Waals surface area contributed by atoms with Gasteiger partial charge < -0.3 is 10.6 Å². The number of sulfonamides is 1. The molecule has 0 bridgehead atoms. The van der Waals surface area contributed by atoms with Crippen LogP contribution in [-0.4, -0.2) is 38.3 Å². The third-order valence-electron chi connectivity index (χ3n) is 3.60. The summed E-state index contributed by atoms with van der Waals surface area (Å²) in [6.07, 6.45) is 0.970. The quantitative estimate of drug-likeness (QED) is 0.762. The minimum absolute atomic E-state index is 0.0712. The molecule has 0 aromatic heterocycles. The topological polar surface area (TPSA) is 75.8 Å². The maximum atomic E-state index is 12.0. The Hall–Kier alpha value is -1.40. The molecule has 2 aliphatic heterocycles. The number of likely N-dealkylation sites (tertiary alicyclic amines) is 1. The van der Waals surface area contributed by atoms with Crippen molar-refractivity contribution in [3.63, 3.8) is 0 Å². The number of amidine groups is 1. The molecule has 6 heteroatoms. The number of piperidine rings is 1. The highest BCUT2D eigenvalue weighted by atomic mass is 32.2. The van der Waals surface area contributed by atoms with Crippen LogP contribution in [0.3, 0.4) is 0 Å². The second-order valence-electron chi connectivity index (χ2n) is 5.39. The average Bonchev–Trinajstić information content (AvgIpc) is 2.61. The normalized spacial score (nSPS) is 28.9. The summed E-state index contributed by atoms with van der Waals surface area (Å²) in [7, 11) is -3.53. The van der Waals surface area contributed by atoms with Crippen LogP contribution in [0.1, 0.15) is 18.9 Å². The van der Waals surface area contributed by atoms with E-state index >= 15 is 0 Å². The fraction of sp³-hybridized carbons (Fsp3) is 0.462. The number of fused-ring (bicyclic) bond motifs is 1. The van der Waals surface area contributed by atoms with Crippen molar-refractivity contribution >= 4 is 15.9 Å². The van der Waals surface area contributed by atoms with Crippen LogP contribution in [-0.2, 0) is 10.0 Å². The van der Waals surface area contributed by atoms with Crippen molar-refractivity contribution < 1.29 is 8.42 Å². The van der Waals surface area contributed by atoms with Gasteiger partial charge >= 0.3 is 0 Å². The van der Waals surface area contributed by atoms with Gasteiger partial charge in [0.05, 0.1) is 0 Å². The summed E-state index contributed by atoms with van der Waals surface area (Å²) in [6.45, 7) is 3.59. The molecular formula is C13H17N3O2S. The number of benzene rings is 1. The van der Waals surface area contributed by atoms with Gasteiger partial charge in [-0.05, 0) is 24.5 Å². The van der Waals surface area contributed by atoms with E-state index in [1.54, 1.807) is 12.1 Å². The monoisotopic (exact) mass is 279 g/mol. The fourth-order valence-electron chi connectivity index (χ4n) is 2.89. The van der Waals surface area contributed by atoms with Crippen LogP contribution < -0.4 is 5.73 Å². The highest BCUT2D eigenvalue weighted by molar-refractivity contribution is 7.90. The summed E-state index contributed by atoms with van der Waals surface area (Å²) >= 11 is 0. The molecule has 2 atom stereocenters. The Morgan fingerprint density at radius 1 is 1.32 bits per heavy atom. The zero-order valence-corrected chi connectivity index (χ0v) is 11.6. The van der Waals surface area contributed by atoms with Crippen LogP contribution in [0, 0.1) is 5.92 Å². The van der Waals surface area contributed by atoms with E-state index in [4.69, 9.17) is 5.73 Å². The minimum Gasteiger partial charge on any atom is -0.354 e. The van der Waals surface area contributed by atoms with Crippen molar-refractivity contribution in [3.8, 4) is 0 Å². The van der Waals surface area contributed by atoms with E-state index in [1.807, 2.05) is 17.0 Å². The minimum atomic E-state index is -3.53. The molecule has 1 fully saturated rings. The number of nitrogens with two attached hydrogens (primary N) is 1. The third-order valence-corrected chi connectivity index (χ3v) is 4.93. The molecule has 2 aliphatic rings. The van der Waals surface area contributed by atoms with E-state index < -0.39 is 10.0 Å². The lowest BCUT2D eigenvalue weighted by Crippen LogP contribution is -2.48. The summed E-state index contributed by atoms with van der Waals surface area (Å²) in [5.74, 6) is 1.000. The Kier molecular flexibility index (Phi) is 2.87. The molecule has 2 unspecified atom stereocenters. The van der Waals surface area contributed by atoms with Crippen molar-refractivity contribution in [2.75, 3.05) is 13.1 Å². The lowest BCUT2D eigenvalue weighted by molar-refractivity contribution is 0.247. The zero-order chi connectivity index (χ0) is 13.6. The van der Waals surface area contributed by atoms with Gasteiger partial charge in [0.15, 0.2) is 5.84 Å². The van der Waals surface area contributed by atoms with Gasteiger partial charge in [-0.1, -0.05) is 19.1 Å². The van der Waals surface area contributed by atoms with Crippen molar-refractivity contribution in [2.24, 2.45) is 16.0 Å². The van der Waals surface area contributed by atoms with Crippen LogP contribution in [0.2, 0.25) is 0 Å². The van der Waals surface area contributed by atoms with Crippen LogP contribution in [0.15, 0.2) is 33.6 Å². The zero-order valence-electron chi connectivity index (χ0n) is 10.8. The number of hydrogen-bond donors (Lipinski definition) is 1. The van der Waals surface area contributed by atoms with E-state index in [1.165, 1.54) is 0 Å². The molecule has 0 spiro atoms. The first-order chi connectivity index (χ1) is 8.97. The smallest absolute Gasteiger partial charge is 0.285 e. The predicted octanol–water partition coefficient (Wildman–Crippen LogP) is 0.805. The molecule has 102 valence electrons. The lowest BCUT2D eigenvalue weighted by Gasteiger charge is -2.36. The summed E-state index contributed by atoms with van der Waals surface area (Å²) in [6, 6.07) is 7.04. The van der Waals surface area contributed by atoms with Crippen LogP contribution in [0.5, 0.6) is 0 Å². The molecule has 5 nitrogen and oxygen atoms in total. The summed E-state index contributed by atoms with van der Waals surface area (Å²) in [5, 5.41) is 0. The molecule has 0 amide bonds. The van der Waals surface area contributed by atoms with E-state index in [0.717, 1.165) is 13.0 Å². The van der Waals surface area contributed by atoms with E-state index in [0.29, 0.717) is 28.8 Å². The Balaban J connectivity index is 2.03. The lowest BCUT2D eigenvalue weighted by atomic mass is 9.96. The maximum absolute atomic E-state index is 12.0. The summed E-state index contributed by atoms with van der Waals surface area (Å²) in [4.78, 5) is 2.30. The standard InChI is InChI=1S/C13H17N3O2S/c1-9-6-10(14)8-16(7-9)13-11-4-2-3-5-12(11)19(17,18)15-13/h2-5,9-10H,6-8,14H2,1H3. The molecule has 0 saturated carbocycles. The van der Waals surface area contributed by atoms with Crippen LogP contribution in [0.4, 0.5) is 0 Å². The van der Waals surface area contributed by atoms with Gasteiger partial charge in [0.1, 0.15) is 4.90 Å². The highest BCUT2D eigenvalue weighted by Crippen LogP contribution is 2.29. The van der Waals surface area contributed by atoms with Gasteiger partial charge in [0.2, 0.25) is 0 Å². The van der Waals surface area contributed by atoms with E-state index in [-0.39, 0.29) is 6.04 Å². The number of hydrogen-bond acceptors (Lipinski definition) is 4. The number of nitrogens with zero attached hydrogens (tertiary/aromatic N) is 2. The molecule has 3 rings (SSSR count). The molecule has 0 radical (unpaired) electrons. The highest BCUT2D eigenvalue weighted by Gasteiger charge is 2.34. The van der Waals surface area contributed by atoms with Crippen LogP contribution in [0.25, 0.3) is 0 Å². The van der Waals surface area contributed by atoms with Gasteiger partial charge in [-0.2, -0.15) is 8.42 Å². The predicted molar refractivity (Wildman–Crippen MR) is 73.5 cm³/mol. The Bertz CT molecular complexity index is 629. The van der Waals surface area contributed by atoms with Gasteiger partial charge in [-0.3, -0.25) is 0 Å². The molecule has 1 saturated heterocycles. The van der Waals surface area contributed by atoms with E-state index in [2.05, 4.69) is 11.3 Å². The van der Waals surface area contributed by atoms with E-state index in [9.17, 15) is 8.42 Å². The summed E-state index contributed by atoms with van der Waals surface area (Å²) in [5.41, 5.74) is 6.72. The molecule has 1 aromatic carbocycles. The molecule has 1 aromatic rings. The van der Waals surface area contributed by atoms with Gasteiger partial charge in [-0.25, -0.2) is 0 Å². The number of rotatable bonds is 0. The molecule has 2 heterocycles. The van der Waals surface area contributed by atoms with Crippen molar-refractivity contribution in [1.82, 2.24) is 4.90 Å². The van der Waals surface area contributed by atoms with Gasteiger partial charge in [-0.15, -0.1) is 4.40 Å².